The lowest BCUT2D eigenvalue weighted by atomic mass is 9.80. The summed E-state index contributed by atoms with van der Waals surface area (Å²) < 4.78 is 0. The second-order valence-corrected chi connectivity index (χ2v) is 6.75. The number of hydrogen-bond acceptors (Lipinski definition) is 0. The van der Waals surface area contributed by atoms with Crippen molar-refractivity contribution in [2.45, 2.75) is 26.2 Å². The van der Waals surface area contributed by atoms with Gasteiger partial charge in [0.05, 0.1) is 0 Å². The summed E-state index contributed by atoms with van der Waals surface area (Å²) in [6.07, 6.45) is 0. The molecule has 0 heteroatoms. The van der Waals surface area contributed by atoms with Gasteiger partial charge in [0.25, 0.3) is 0 Å². The Labute approximate surface area is 132 Å². The molecule has 1 aliphatic carbocycles. The molecule has 0 aliphatic heterocycles. The van der Waals surface area contributed by atoms with Gasteiger partial charge >= 0.3 is 0 Å². The Morgan fingerprint density at radius 2 is 1.45 bits per heavy atom. The highest BCUT2D eigenvalue weighted by molar-refractivity contribution is 5.85. The maximum Gasteiger partial charge on any atom is 0.0161 e. The monoisotopic (exact) mass is 284 g/mol. The van der Waals surface area contributed by atoms with Gasteiger partial charge in [0.15, 0.2) is 0 Å². The van der Waals surface area contributed by atoms with E-state index < -0.39 is 0 Å². The Morgan fingerprint density at radius 3 is 2.23 bits per heavy atom. The maximum atomic E-state index is 2.36. The Hall–Kier alpha value is -2.34. The molecule has 0 radical (unpaired) electrons. The van der Waals surface area contributed by atoms with Crippen LogP contribution in [0.1, 0.15) is 30.5 Å². The molecule has 4 rings (SSSR count). The minimum absolute atomic E-state index is 0.0885. The lowest BCUT2D eigenvalue weighted by Crippen LogP contribution is -2.16. The van der Waals surface area contributed by atoms with Crippen molar-refractivity contribution in [3.8, 4) is 22.3 Å². The summed E-state index contributed by atoms with van der Waals surface area (Å²) in [5, 5.41) is 0. The SMILES string of the molecule is Cc1cccc2c1C(C)(C)c1ccc(-c3ccccc3)cc1-2. The van der Waals surface area contributed by atoms with Gasteiger partial charge in [-0.2, -0.15) is 0 Å². The maximum absolute atomic E-state index is 2.36. The fourth-order valence-electron chi connectivity index (χ4n) is 3.98. The Morgan fingerprint density at radius 1 is 0.682 bits per heavy atom. The molecular formula is C22H20. The van der Waals surface area contributed by atoms with E-state index in [0.717, 1.165) is 0 Å². The Kier molecular flexibility index (Phi) is 2.77. The van der Waals surface area contributed by atoms with Gasteiger partial charge in [0.2, 0.25) is 0 Å². The van der Waals surface area contributed by atoms with Gasteiger partial charge in [-0.15, -0.1) is 0 Å². The predicted octanol–water partition coefficient (Wildman–Crippen LogP) is 5.97. The molecule has 0 amide bonds. The number of rotatable bonds is 1. The highest BCUT2D eigenvalue weighted by atomic mass is 14.4. The van der Waals surface area contributed by atoms with E-state index in [2.05, 4.69) is 87.5 Å². The third kappa shape index (κ3) is 1.77. The fourth-order valence-corrected chi connectivity index (χ4v) is 3.98. The molecule has 0 N–H and O–H groups in total. The van der Waals surface area contributed by atoms with Crippen LogP contribution in [0.4, 0.5) is 0 Å². The number of benzene rings is 3. The minimum atomic E-state index is 0.0885. The van der Waals surface area contributed by atoms with Gasteiger partial charge in [0.1, 0.15) is 0 Å². The quantitative estimate of drug-likeness (QED) is 0.516. The first kappa shape index (κ1) is 13.3. The molecule has 0 aromatic heterocycles. The number of aryl methyl sites for hydroxylation is 1. The van der Waals surface area contributed by atoms with Gasteiger partial charge in [-0.3, -0.25) is 0 Å². The standard InChI is InChI=1S/C22H20/c1-15-8-7-11-18-19-14-17(16-9-5-4-6-10-16)12-13-20(19)22(2,3)21(15)18/h4-14H,1-3H3. The minimum Gasteiger partial charge on any atom is -0.0622 e. The zero-order valence-corrected chi connectivity index (χ0v) is 13.4. The molecule has 0 bridgehead atoms. The molecule has 0 atom stereocenters. The van der Waals surface area contributed by atoms with E-state index in [1.54, 1.807) is 0 Å². The fraction of sp³-hybridized carbons (Fsp3) is 0.182. The molecule has 0 nitrogen and oxygen atoms in total. The first-order valence-corrected chi connectivity index (χ1v) is 7.89. The smallest absolute Gasteiger partial charge is 0.0161 e. The van der Waals surface area contributed by atoms with Crippen LogP contribution >= 0.6 is 0 Å². The first-order valence-electron chi connectivity index (χ1n) is 7.89. The van der Waals surface area contributed by atoms with Gasteiger partial charge < -0.3 is 0 Å². The second kappa shape index (κ2) is 4.58. The van der Waals surface area contributed by atoms with Gasteiger partial charge in [-0.1, -0.05) is 74.5 Å². The largest absolute Gasteiger partial charge is 0.0622 e. The van der Waals surface area contributed by atoms with E-state index in [1.165, 1.54) is 38.9 Å². The van der Waals surface area contributed by atoms with Crippen molar-refractivity contribution in [2.24, 2.45) is 0 Å². The van der Waals surface area contributed by atoms with Crippen LogP contribution in [0.5, 0.6) is 0 Å². The van der Waals surface area contributed by atoms with Crippen LogP contribution in [0.3, 0.4) is 0 Å². The van der Waals surface area contributed by atoms with Crippen molar-refractivity contribution in [2.75, 3.05) is 0 Å². The summed E-state index contributed by atoms with van der Waals surface area (Å²) in [5.41, 5.74) is 9.77. The average molecular weight is 284 g/mol. The molecular weight excluding hydrogens is 264 g/mol. The van der Waals surface area contributed by atoms with E-state index in [-0.39, 0.29) is 5.41 Å². The summed E-state index contributed by atoms with van der Waals surface area (Å²) >= 11 is 0. The molecule has 0 heterocycles. The van der Waals surface area contributed by atoms with Gasteiger partial charge in [-0.25, -0.2) is 0 Å². The highest BCUT2D eigenvalue weighted by Crippen LogP contribution is 2.50. The van der Waals surface area contributed by atoms with Crippen molar-refractivity contribution < 1.29 is 0 Å². The summed E-state index contributed by atoms with van der Waals surface area (Å²) in [7, 11) is 0. The first-order chi connectivity index (χ1) is 10.6. The van der Waals surface area contributed by atoms with Crippen LogP contribution in [-0.2, 0) is 5.41 Å². The molecule has 0 saturated carbocycles. The van der Waals surface area contributed by atoms with Crippen LogP contribution < -0.4 is 0 Å². The van der Waals surface area contributed by atoms with Crippen molar-refractivity contribution in [1.82, 2.24) is 0 Å². The molecule has 3 aromatic carbocycles. The topological polar surface area (TPSA) is 0 Å². The second-order valence-electron chi connectivity index (χ2n) is 6.75. The summed E-state index contributed by atoms with van der Waals surface area (Å²) in [4.78, 5) is 0. The lowest BCUT2D eigenvalue weighted by molar-refractivity contribution is 0.656. The van der Waals surface area contributed by atoms with Crippen LogP contribution in [0.2, 0.25) is 0 Å². The lowest BCUT2D eigenvalue weighted by Gasteiger charge is -2.23. The molecule has 22 heavy (non-hydrogen) atoms. The van der Waals surface area contributed by atoms with Crippen molar-refractivity contribution >= 4 is 0 Å². The molecule has 0 fully saturated rings. The van der Waals surface area contributed by atoms with Crippen molar-refractivity contribution in [1.29, 1.82) is 0 Å². The van der Waals surface area contributed by atoms with Crippen molar-refractivity contribution in [3.05, 3.63) is 83.4 Å². The van der Waals surface area contributed by atoms with E-state index in [1.807, 2.05) is 0 Å². The highest BCUT2D eigenvalue weighted by Gasteiger charge is 2.36. The molecule has 108 valence electrons. The zero-order valence-electron chi connectivity index (χ0n) is 13.4. The van der Waals surface area contributed by atoms with Crippen LogP contribution in [0.15, 0.2) is 66.7 Å². The van der Waals surface area contributed by atoms with Gasteiger partial charge in [0, 0.05) is 5.41 Å². The molecule has 0 spiro atoms. The summed E-state index contributed by atoms with van der Waals surface area (Å²) in [6.45, 7) is 6.91. The van der Waals surface area contributed by atoms with Gasteiger partial charge in [-0.05, 0) is 51.9 Å². The van der Waals surface area contributed by atoms with E-state index in [0.29, 0.717) is 0 Å². The van der Waals surface area contributed by atoms with Crippen LogP contribution in [0.25, 0.3) is 22.3 Å². The third-order valence-corrected chi connectivity index (χ3v) is 4.99. The molecule has 3 aromatic rings. The average Bonchev–Trinajstić information content (AvgIpc) is 2.77. The molecule has 0 unspecified atom stereocenters. The molecule has 0 saturated heterocycles. The van der Waals surface area contributed by atoms with Crippen molar-refractivity contribution in [3.63, 3.8) is 0 Å². The normalized spacial score (nSPS) is 14.5. The number of fused-ring (bicyclic) bond motifs is 3. The Bertz CT molecular complexity index is 854. The van der Waals surface area contributed by atoms with Crippen LogP contribution in [0, 0.1) is 6.92 Å². The third-order valence-electron chi connectivity index (χ3n) is 4.99. The number of hydrogen-bond donors (Lipinski definition) is 0. The summed E-state index contributed by atoms with van der Waals surface area (Å²) in [6, 6.07) is 24.2. The zero-order chi connectivity index (χ0) is 15.3. The summed E-state index contributed by atoms with van der Waals surface area (Å²) in [5.74, 6) is 0. The van der Waals surface area contributed by atoms with Crippen LogP contribution in [-0.4, -0.2) is 0 Å². The molecule has 1 aliphatic rings. The van der Waals surface area contributed by atoms with E-state index >= 15 is 0 Å². The predicted molar refractivity (Wildman–Crippen MR) is 94.2 cm³/mol. The van der Waals surface area contributed by atoms with E-state index in [9.17, 15) is 0 Å². The van der Waals surface area contributed by atoms with E-state index in [4.69, 9.17) is 0 Å². The Balaban J connectivity index is 1.98.